The number of carbonyl (C=O) groups excluding carboxylic acids is 2. The molecule has 5 N–H and O–H groups in total. The largest absolute Gasteiger partial charge is 0.394 e. The fourth-order valence-corrected chi connectivity index (χ4v) is 5.69. The average molecular weight is 569 g/mol. The van der Waals surface area contributed by atoms with Crippen LogP contribution in [0.1, 0.15) is 46.1 Å². The van der Waals surface area contributed by atoms with E-state index in [-0.39, 0.29) is 29.3 Å². The van der Waals surface area contributed by atoms with Crippen LogP contribution < -0.4 is 16.0 Å². The molecule has 7 nitrogen and oxygen atoms in total. The van der Waals surface area contributed by atoms with E-state index in [4.69, 9.17) is 28.3 Å². The molecule has 0 aliphatic carbocycles. The lowest BCUT2D eigenvalue weighted by atomic mass is 9.62. The number of nitrogens with one attached hydrogen (secondary N) is 3. The molecule has 38 heavy (non-hydrogen) atoms. The first kappa shape index (κ1) is 30.3. The lowest BCUT2D eigenvalue weighted by molar-refractivity contribution is -0.124. The van der Waals surface area contributed by atoms with E-state index in [9.17, 15) is 19.1 Å². The van der Waals surface area contributed by atoms with Gasteiger partial charge in [0.25, 0.3) is 0 Å². The summed E-state index contributed by atoms with van der Waals surface area (Å²) in [6.07, 6.45) is 4.74. The van der Waals surface area contributed by atoms with E-state index in [1.165, 1.54) is 12.1 Å². The smallest absolute Gasteiger partial charge is 0.237 e. The third-order valence-electron chi connectivity index (χ3n) is 7.01. The van der Waals surface area contributed by atoms with Crippen molar-refractivity contribution in [1.82, 2.24) is 10.6 Å². The molecule has 1 fully saturated rings. The normalized spacial score (nSPS) is 26.1. The molecular formula is C28H36Cl2FN3O4. The number of halogens is 3. The van der Waals surface area contributed by atoms with Gasteiger partial charge in [0.15, 0.2) is 0 Å². The van der Waals surface area contributed by atoms with Crippen molar-refractivity contribution in [2.75, 3.05) is 18.5 Å². The first-order valence-corrected chi connectivity index (χ1v) is 13.3. The second-order valence-corrected chi connectivity index (χ2v) is 12.2. The van der Waals surface area contributed by atoms with Crippen molar-refractivity contribution in [1.29, 1.82) is 0 Å². The van der Waals surface area contributed by atoms with E-state index in [0.717, 1.165) is 0 Å². The van der Waals surface area contributed by atoms with Gasteiger partial charge in [-0.3, -0.25) is 9.59 Å². The summed E-state index contributed by atoms with van der Waals surface area (Å²) in [6, 6.07) is 1.22. The second kappa shape index (κ2) is 11.9. The van der Waals surface area contributed by atoms with Crippen LogP contribution in [0.5, 0.6) is 0 Å². The van der Waals surface area contributed by atoms with Crippen molar-refractivity contribution in [3.8, 4) is 0 Å². The molecule has 208 valence electrons. The van der Waals surface area contributed by atoms with E-state index in [2.05, 4.69) is 22.5 Å². The van der Waals surface area contributed by atoms with Gasteiger partial charge in [0, 0.05) is 29.2 Å². The Bertz CT molecular complexity index is 1160. The topological polar surface area (TPSA) is 111 Å². The average Bonchev–Trinajstić information content (AvgIpc) is 3.28. The Morgan fingerprint density at radius 3 is 2.66 bits per heavy atom. The highest BCUT2D eigenvalue weighted by Crippen LogP contribution is 2.55. The summed E-state index contributed by atoms with van der Waals surface area (Å²) in [6.45, 7) is 11.7. The molecule has 0 aromatic heterocycles. The molecule has 0 bridgehead atoms. The Hall–Kier alpha value is -2.23. The minimum Gasteiger partial charge on any atom is -0.394 e. The number of carbonyl (C=O) groups is 2. The molecule has 0 radical (unpaired) electrons. The molecule has 2 heterocycles. The summed E-state index contributed by atoms with van der Waals surface area (Å²) < 4.78 is 14.9. The molecule has 3 rings (SSSR count). The summed E-state index contributed by atoms with van der Waals surface area (Å²) >= 11 is 12.0. The van der Waals surface area contributed by atoms with Crippen molar-refractivity contribution in [2.24, 2.45) is 11.3 Å². The van der Waals surface area contributed by atoms with Crippen molar-refractivity contribution in [3.05, 3.63) is 63.9 Å². The number of allylic oxidation sites excluding steroid dienone is 4. The summed E-state index contributed by atoms with van der Waals surface area (Å²) in [4.78, 5) is 27.5. The molecule has 2 aliphatic rings. The highest BCUT2D eigenvalue weighted by Gasteiger charge is 2.65. The van der Waals surface area contributed by atoms with E-state index >= 15 is 0 Å². The number of aliphatic hydroxyl groups excluding tert-OH is 2. The Kier molecular flexibility index (Phi) is 9.48. The molecule has 1 aromatic rings. The maximum Gasteiger partial charge on any atom is 0.237 e. The minimum atomic E-state index is -1.36. The third kappa shape index (κ3) is 6.15. The third-order valence-corrected chi connectivity index (χ3v) is 7.42. The van der Waals surface area contributed by atoms with Crippen LogP contribution in [0, 0.1) is 17.2 Å². The van der Waals surface area contributed by atoms with Crippen LogP contribution in [-0.4, -0.2) is 53.4 Å². The minimum absolute atomic E-state index is 0.117. The maximum absolute atomic E-state index is 14.9. The van der Waals surface area contributed by atoms with Crippen molar-refractivity contribution < 1.29 is 24.2 Å². The first-order chi connectivity index (χ1) is 17.7. The zero-order valence-corrected chi connectivity index (χ0v) is 23.6. The lowest BCUT2D eigenvalue weighted by Gasteiger charge is -2.37. The van der Waals surface area contributed by atoms with Crippen LogP contribution in [0.15, 0.2) is 47.5 Å². The van der Waals surface area contributed by atoms with E-state index in [1.807, 2.05) is 20.8 Å². The highest BCUT2D eigenvalue weighted by atomic mass is 35.5. The van der Waals surface area contributed by atoms with Crippen LogP contribution >= 0.6 is 23.2 Å². The Labute approximate surface area is 233 Å². The zero-order valence-electron chi connectivity index (χ0n) is 22.1. The quantitative estimate of drug-likeness (QED) is 0.287. The first-order valence-electron chi connectivity index (χ1n) is 12.5. The van der Waals surface area contributed by atoms with Crippen LogP contribution in [0.3, 0.4) is 0 Å². The molecule has 1 spiro atoms. The van der Waals surface area contributed by atoms with Gasteiger partial charge in [-0.1, -0.05) is 62.7 Å². The maximum atomic E-state index is 14.9. The highest BCUT2D eigenvalue weighted by molar-refractivity contribution is 6.31. The van der Waals surface area contributed by atoms with Crippen LogP contribution in [0.25, 0.3) is 0 Å². The number of hydrogen-bond donors (Lipinski definition) is 5. The zero-order chi connectivity index (χ0) is 28.4. The molecule has 5 atom stereocenters. The van der Waals surface area contributed by atoms with Crippen molar-refractivity contribution >= 4 is 40.7 Å². The van der Waals surface area contributed by atoms with Gasteiger partial charge in [0.2, 0.25) is 11.8 Å². The predicted molar refractivity (Wildman–Crippen MR) is 149 cm³/mol. The summed E-state index contributed by atoms with van der Waals surface area (Å²) in [5.74, 6) is -2.22. The van der Waals surface area contributed by atoms with Gasteiger partial charge in [0.05, 0.1) is 23.8 Å². The Morgan fingerprint density at radius 2 is 2.05 bits per heavy atom. The number of fused-ring (bicyclic) bond motifs is 2. The van der Waals surface area contributed by atoms with Crippen molar-refractivity contribution in [3.63, 3.8) is 0 Å². The summed E-state index contributed by atoms with van der Waals surface area (Å²) in [5.41, 5.74) is -0.317. The molecule has 2 amide bonds. The van der Waals surface area contributed by atoms with E-state index < -0.39 is 47.9 Å². The standard InChI is InChI=1S/C28H36Cl2FN3O4/c1-15(7-6-8-16(2)29)23-24(25(37)32-10-9-17(36)14-35)34-22(13-27(3,4)5)28(23)18-11-20(31)19(30)12-21(18)33-26(28)38/h6-8,11-12,17,22-24,34-36H,1,9-10,13-14H2,2-5H3,(H,32,37)(H,33,38)/b7-6-,16-8+/t17-,22-,23+,24-,28+/m1/s1. The number of hydrogen-bond acceptors (Lipinski definition) is 5. The Balaban J connectivity index is 2.17. The molecule has 1 aromatic carbocycles. The SMILES string of the molecule is C=C(/C=C\C=C(/C)Cl)[C@H]1[C@H](C(=O)NCC[C@@H](O)CO)N[C@H](CC(C)(C)C)[C@]12C(=O)Nc1cc(Cl)c(F)cc12. The van der Waals surface area contributed by atoms with Crippen molar-refractivity contribution in [2.45, 2.75) is 64.1 Å². The predicted octanol–water partition coefficient (Wildman–Crippen LogP) is 4.18. The van der Waals surface area contributed by atoms with E-state index in [0.29, 0.717) is 28.3 Å². The van der Waals surface area contributed by atoms with Gasteiger partial charge in [-0.25, -0.2) is 4.39 Å². The molecule has 0 saturated carbocycles. The van der Waals surface area contributed by atoms with Gasteiger partial charge >= 0.3 is 0 Å². The lowest BCUT2D eigenvalue weighted by Crippen LogP contribution is -2.50. The Morgan fingerprint density at radius 1 is 1.37 bits per heavy atom. The monoisotopic (exact) mass is 567 g/mol. The van der Waals surface area contributed by atoms with Gasteiger partial charge in [-0.2, -0.15) is 0 Å². The van der Waals surface area contributed by atoms with Gasteiger partial charge in [-0.15, -0.1) is 0 Å². The molecule has 0 unspecified atom stereocenters. The van der Waals surface area contributed by atoms with Gasteiger partial charge in [-0.05, 0) is 54.5 Å². The molecule has 1 saturated heterocycles. The molecule has 2 aliphatic heterocycles. The number of amides is 2. The van der Waals surface area contributed by atoms with Gasteiger partial charge in [0.1, 0.15) is 11.2 Å². The van der Waals surface area contributed by atoms with Crippen LogP contribution in [-0.2, 0) is 15.0 Å². The van der Waals surface area contributed by atoms with Gasteiger partial charge < -0.3 is 26.2 Å². The number of aliphatic hydroxyl groups is 2. The number of benzene rings is 1. The molecule has 10 heteroatoms. The number of anilines is 1. The number of rotatable bonds is 9. The fourth-order valence-electron chi connectivity index (χ4n) is 5.46. The second-order valence-electron chi connectivity index (χ2n) is 11.2. The summed E-state index contributed by atoms with van der Waals surface area (Å²) in [7, 11) is 0. The summed E-state index contributed by atoms with van der Waals surface area (Å²) in [5, 5.41) is 28.3. The van der Waals surface area contributed by atoms with Crippen LogP contribution in [0.2, 0.25) is 5.02 Å². The van der Waals surface area contributed by atoms with Crippen LogP contribution in [0.4, 0.5) is 10.1 Å². The van der Waals surface area contributed by atoms with E-state index in [1.54, 1.807) is 25.2 Å². The fraction of sp³-hybridized carbons (Fsp3) is 0.500. The molecular weight excluding hydrogens is 532 g/mol.